The first-order chi connectivity index (χ1) is 10.2. The molecule has 1 N–H and O–H groups in total. The Kier molecular flexibility index (Phi) is 5.20. The molecule has 0 bridgehead atoms. The number of carbonyl (C=O) groups is 1. The van der Waals surface area contributed by atoms with Crippen LogP contribution in [0, 0.1) is 6.92 Å². The molecule has 0 aromatic carbocycles. The van der Waals surface area contributed by atoms with Gasteiger partial charge in [0, 0.05) is 25.2 Å². The van der Waals surface area contributed by atoms with Crippen molar-refractivity contribution in [1.29, 1.82) is 0 Å². The summed E-state index contributed by atoms with van der Waals surface area (Å²) in [5.74, 6) is 0. The third-order valence-corrected chi connectivity index (χ3v) is 3.87. The monoisotopic (exact) mass is 345 g/mol. The second-order valence-electron chi connectivity index (χ2n) is 6.36. The number of piperazine rings is 1. The van der Waals surface area contributed by atoms with Gasteiger partial charge in [0.2, 0.25) is 0 Å². The third-order valence-electron chi connectivity index (χ3n) is 3.39. The molecule has 2 rings (SSSR count). The molecule has 0 saturated carbocycles. The largest absolute Gasteiger partial charge is 0.444 e. The van der Waals surface area contributed by atoms with Crippen molar-refractivity contribution in [3.05, 3.63) is 27.5 Å². The van der Waals surface area contributed by atoms with Crippen LogP contribution in [0.3, 0.4) is 0 Å². The molecule has 0 spiro atoms. The number of hydrogen-bond donors (Lipinski definition) is 1. The lowest BCUT2D eigenvalue weighted by molar-refractivity contribution is 0.0117. The Balaban J connectivity index is 2.33. The Morgan fingerprint density at radius 3 is 2.73 bits per heavy atom. The van der Waals surface area contributed by atoms with Gasteiger partial charge < -0.3 is 10.1 Å². The number of amides is 1. The lowest BCUT2D eigenvalue weighted by Gasteiger charge is -2.38. The Labute approximate surface area is 140 Å². The van der Waals surface area contributed by atoms with Crippen LogP contribution in [0.1, 0.15) is 37.9 Å². The van der Waals surface area contributed by atoms with E-state index in [1.807, 2.05) is 27.7 Å². The van der Waals surface area contributed by atoms with Crippen molar-refractivity contribution >= 4 is 29.3 Å². The van der Waals surface area contributed by atoms with Crippen LogP contribution in [-0.4, -0.2) is 41.2 Å². The predicted octanol–water partition coefficient (Wildman–Crippen LogP) is 3.58. The Hall–Kier alpha value is -1.04. The molecule has 122 valence electrons. The molecular weight excluding hydrogens is 325 g/mol. The number of aryl methyl sites for hydroxylation is 1. The standard InChI is InChI=1S/C15H21Cl2N3O2/c1-9-7-11(16)19-13(17)12(9)10-8-18-5-6-20(10)14(21)22-15(2,3)4/h7,10,18H,5-6,8H2,1-4H3. The van der Waals surface area contributed by atoms with Crippen molar-refractivity contribution in [2.75, 3.05) is 19.6 Å². The molecule has 1 aromatic rings. The van der Waals surface area contributed by atoms with Gasteiger partial charge in [0.05, 0.1) is 6.04 Å². The maximum atomic E-state index is 12.5. The van der Waals surface area contributed by atoms with Gasteiger partial charge in [-0.05, 0) is 39.3 Å². The fourth-order valence-electron chi connectivity index (χ4n) is 2.51. The Morgan fingerprint density at radius 1 is 1.45 bits per heavy atom. The van der Waals surface area contributed by atoms with Crippen LogP contribution < -0.4 is 5.32 Å². The summed E-state index contributed by atoms with van der Waals surface area (Å²) in [5.41, 5.74) is 1.18. The molecule has 1 aromatic heterocycles. The molecule has 0 aliphatic carbocycles. The van der Waals surface area contributed by atoms with E-state index in [1.165, 1.54) is 0 Å². The first-order valence-corrected chi connectivity index (χ1v) is 7.97. The van der Waals surface area contributed by atoms with Crippen LogP contribution in [-0.2, 0) is 4.74 Å². The van der Waals surface area contributed by atoms with E-state index in [-0.39, 0.29) is 12.1 Å². The van der Waals surface area contributed by atoms with Gasteiger partial charge in [0.25, 0.3) is 0 Å². The molecule has 0 radical (unpaired) electrons. The summed E-state index contributed by atoms with van der Waals surface area (Å²) in [5, 5.41) is 3.95. The van der Waals surface area contributed by atoms with E-state index in [0.717, 1.165) is 11.1 Å². The van der Waals surface area contributed by atoms with E-state index in [0.29, 0.717) is 29.9 Å². The fourth-order valence-corrected chi connectivity index (χ4v) is 3.16. The minimum atomic E-state index is -0.538. The van der Waals surface area contributed by atoms with Crippen molar-refractivity contribution < 1.29 is 9.53 Å². The molecule has 22 heavy (non-hydrogen) atoms. The van der Waals surface area contributed by atoms with E-state index in [2.05, 4.69) is 10.3 Å². The lowest BCUT2D eigenvalue weighted by Crippen LogP contribution is -2.50. The summed E-state index contributed by atoms with van der Waals surface area (Å²) in [6.07, 6.45) is -0.343. The Bertz CT molecular complexity index is 549. The van der Waals surface area contributed by atoms with Gasteiger partial charge in [-0.25, -0.2) is 9.78 Å². The maximum Gasteiger partial charge on any atom is 0.410 e. The maximum absolute atomic E-state index is 12.5. The van der Waals surface area contributed by atoms with Gasteiger partial charge in [-0.15, -0.1) is 0 Å². The molecule has 1 amide bonds. The highest BCUT2D eigenvalue weighted by molar-refractivity contribution is 6.33. The van der Waals surface area contributed by atoms with Gasteiger partial charge in [-0.1, -0.05) is 23.2 Å². The zero-order valence-electron chi connectivity index (χ0n) is 13.2. The minimum absolute atomic E-state index is 0.221. The number of hydrogen-bond acceptors (Lipinski definition) is 4. The zero-order chi connectivity index (χ0) is 16.5. The highest BCUT2D eigenvalue weighted by Crippen LogP contribution is 2.32. The summed E-state index contributed by atoms with van der Waals surface area (Å²) in [7, 11) is 0. The summed E-state index contributed by atoms with van der Waals surface area (Å²) >= 11 is 12.2. The normalized spacial score (nSPS) is 19.2. The molecule has 1 unspecified atom stereocenters. The lowest BCUT2D eigenvalue weighted by atomic mass is 10.0. The van der Waals surface area contributed by atoms with Crippen LogP contribution in [0.2, 0.25) is 10.3 Å². The van der Waals surface area contributed by atoms with E-state index in [9.17, 15) is 4.79 Å². The molecule has 5 nitrogen and oxygen atoms in total. The summed E-state index contributed by atoms with van der Waals surface area (Å²) in [4.78, 5) is 18.3. The topological polar surface area (TPSA) is 54.5 Å². The fraction of sp³-hybridized carbons (Fsp3) is 0.600. The zero-order valence-corrected chi connectivity index (χ0v) is 14.8. The molecule has 7 heteroatoms. The number of nitrogens with zero attached hydrogens (tertiary/aromatic N) is 2. The predicted molar refractivity (Wildman–Crippen MR) is 87.5 cm³/mol. The number of pyridine rings is 1. The number of halogens is 2. The van der Waals surface area contributed by atoms with E-state index >= 15 is 0 Å². The highest BCUT2D eigenvalue weighted by Gasteiger charge is 2.33. The first-order valence-electron chi connectivity index (χ1n) is 7.22. The molecular formula is C15H21Cl2N3O2. The van der Waals surface area contributed by atoms with E-state index in [4.69, 9.17) is 27.9 Å². The SMILES string of the molecule is Cc1cc(Cl)nc(Cl)c1C1CNCCN1C(=O)OC(C)(C)C. The van der Waals surface area contributed by atoms with Gasteiger partial charge in [0.1, 0.15) is 15.9 Å². The molecule has 1 fully saturated rings. The quantitative estimate of drug-likeness (QED) is 0.790. The van der Waals surface area contributed by atoms with Crippen molar-refractivity contribution in [3.8, 4) is 0 Å². The van der Waals surface area contributed by atoms with E-state index in [1.54, 1.807) is 11.0 Å². The molecule has 1 saturated heterocycles. The highest BCUT2D eigenvalue weighted by atomic mass is 35.5. The summed E-state index contributed by atoms with van der Waals surface area (Å²) in [6, 6.07) is 1.53. The second kappa shape index (κ2) is 6.60. The Morgan fingerprint density at radius 2 is 2.14 bits per heavy atom. The van der Waals surface area contributed by atoms with Crippen molar-refractivity contribution in [2.24, 2.45) is 0 Å². The van der Waals surface area contributed by atoms with E-state index < -0.39 is 5.60 Å². The molecule has 1 aliphatic rings. The van der Waals surface area contributed by atoms with Gasteiger partial charge in [0.15, 0.2) is 0 Å². The number of carbonyl (C=O) groups excluding carboxylic acids is 1. The number of aromatic nitrogens is 1. The van der Waals surface area contributed by atoms with Gasteiger partial charge in [-0.2, -0.15) is 0 Å². The van der Waals surface area contributed by atoms with Crippen LogP contribution in [0.15, 0.2) is 6.07 Å². The van der Waals surface area contributed by atoms with Crippen LogP contribution in [0.5, 0.6) is 0 Å². The number of nitrogens with one attached hydrogen (secondary N) is 1. The van der Waals surface area contributed by atoms with Gasteiger partial charge >= 0.3 is 6.09 Å². The third kappa shape index (κ3) is 4.03. The van der Waals surface area contributed by atoms with Crippen molar-refractivity contribution in [2.45, 2.75) is 39.3 Å². The average molecular weight is 346 g/mol. The first kappa shape index (κ1) is 17.3. The van der Waals surface area contributed by atoms with Gasteiger partial charge in [-0.3, -0.25) is 4.90 Å². The second-order valence-corrected chi connectivity index (χ2v) is 7.11. The van der Waals surface area contributed by atoms with Crippen LogP contribution >= 0.6 is 23.2 Å². The minimum Gasteiger partial charge on any atom is -0.444 e. The van der Waals surface area contributed by atoms with Crippen molar-refractivity contribution in [3.63, 3.8) is 0 Å². The number of ether oxygens (including phenoxy) is 1. The van der Waals surface area contributed by atoms with Crippen molar-refractivity contribution in [1.82, 2.24) is 15.2 Å². The molecule has 2 heterocycles. The summed E-state index contributed by atoms with van der Waals surface area (Å²) in [6.45, 7) is 9.34. The molecule has 1 aliphatic heterocycles. The smallest absolute Gasteiger partial charge is 0.410 e. The summed E-state index contributed by atoms with van der Waals surface area (Å²) < 4.78 is 5.50. The van der Waals surface area contributed by atoms with Crippen LogP contribution in [0.25, 0.3) is 0 Å². The average Bonchev–Trinajstić information content (AvgIpc) is 2.36. The van der Waals surface area contributed by atoms with Crippen LogP contribution in [0.4, 0.5) is 4.79 Å². The molecule has 1 atom stereocenters. The number of rotatable bonds is 1.